The van der Waals surface area contributed by atoms with E-state index in [0.29, 0.717) is 0 Å². The van der Waals surface area contributed by atoms with Gasteiger partial charge < -0.3 is 0 Å². The zero-order chi connectivity index (χ0) is 6.62. The van der Waals surface area contributed by atoms with Crippen LogP contribution in [-0.4, -0.2) is 14.6 Å². The third-order valence-electron chi connectivity index (χ3n) is 0.463. The summed E-state index contributed by atoms with van der Waals surface area (Å²) >= 11 is 0. The average Bonchev–Trinajstić information content (AvgIpc) is 1.67. The van der Waals surface area contributed by atoms with Crippen LogP contribution in [0.5, 0.6) is 0 Å². The second kappa shape index (κ2) is 2.61. The summed E-state index contributed by atoms with van der Waals surface area (Å²) in [4.78, 5) is 0. The summed E-state index contributed by atoms with van der Waals surface area (Å²) in [7, 11) is -3.34. The SMILES string of the molecule is C=CS(=O)(=O)N=CC. The van der Waals surface area contributed by atoms with Crippen molar-refractivity contribution in [3.05, 3.63) is 12.0 Å². The molecule has 0 aromatic carbocycles. The maximum Gasteiger partial charge on any atom is 0.274 e. The number of nitrogens with zero attached hydrogens (tertiary/aromatic N) is 1. The molecule has 0 aliphatic heterocycles. The molecule has 46 valence electrons. The fraction of sp³-hybridized carbons (Fsp3) is 0.250. The van der Waals surface area contributed by atoms with E-state index in [-0.39, 0.29) is 0 Å². The molecule has 0 radical (unpaired) electrons. The molecule has 0 saturated carbocycles. The molecule has 0 aliphatic rings. The van der Waals surface area contributed by atoms with E-state index in [9.17, 15) is 8.42 Å². The van der Waals surface area contributed by atoms with Crippen molar-refractivity contribution in [2.75, 3.05) is 0 Å². The lowest BCUT2D eigenvalue weighted by molar-refractivity contribution is 0.606. The van der Waals surface area contributed by atoms with Crippen LogP contribution in [0.2, 0.25) is 0 Å². The van der Waals surface area contributed by atoms with Gasteiger partial charge in [-0.2, -0.15) is 12.8 Å². The highest BCUT2D eigenvalue weighted by Crippen LogP contribution is 1.88. The standard InChI is InChI=1S/C4H7NO2S/c1-3-5-8(6,7)4-2/h3-4H,2H2,1H3. The van der Waals surface area contributed by atoms with Crippen LogP contribution in [-0.2, 0) is 10.0 Å². The van der Waals surface area contributed by atoms with Crippen LogP contribution >= 0.6 is 0 Å². The van der Waals surface area contributed by atoms with Gasteiger partial charge in [0.15, 0.2) is 0 Å². The summed E-state index contributed by atoms with van der Waals surface area (Å²) in [6, 6.07) is 0. The Hall–Kier alpha value is -0.640. The van der Waals surface area contributed by atoms with Gasteiger partial charge in [0.1, 0.15) is 0 Å². The van der Waals surface area contributed by atoms with Crippen molar-refractivity contribution in [3.8, 4) is 0 Å². The molecule has 4 heteroatoms. The van der Waals surface area contributed by atoms with E-state index in [0.717, 1.165) is 5.41 Å². The molecule has 0 aliphatic carbocycles. The first-order chi connectivity index (χ1) is 3.62. The smallest absolute Gasteiger partial charge is 0.200 e. The minimum Gasteiger partial charge on any atom is -0.200 e. The fourth-order valence-electron chi connectivity index (χ4n) is 0.190. The highest BCUT2D eigenvalue weighted by Gasteiger charge is 1.93. The predicted molar refractivity (Wildman–Crippen MR) is 33.3 cm³/mol. The summed E-state index contributed by atoms with van der Waals surface area (Å²) in [6.45, 7) is 4.58. The van der Waals surface area contributed by atoms with Gasteiger partial charge in [-0.1, -0.05) is 6.58 Å². The van der Waals surface area contributed by atoms with Gasteiger partial charge in [-0.05, 0) is 6.92 Å². The molecule has 0 aromatic rings. The van der Waals surface area contributed by atoms with Crippen LogP contribution in [0.1, 0.15) is 6.92 Å². The molecule has 0 spiro atoms. The first-order valence-electron chi connectivity index (χ1n) is 2.00. The van der Waals surface area contributed by atoms with Gasteiger partial charge in [0, 0.05) is 11.6 Å². The van der Waals surface area contributed by atoms with E-state index in [4.69, 9.17) is 0 Å². The molecular weight excluding hydrogens is 126 g/mol. The number of hydrogen-bond acceptors (Lipinski definition) is 2. The van der Waals surface area contributed by atoms with E-state index < -0.39 is 10.0 Å². The van der Waals surface area contributed by atoms with E-state index in [1.54, 1.807) is 0 Å². The molecule has 3 nitrogen and oxygen atoms in total. The molecule has 0 aromatic heterocycles. The molecule has 0 unspecified atom stereocenters. The molecule has 0 rings (SSSR count). The summed E-state index contributed by atoms with van der Waals surface area (Å²) in [5, 5.41) is 0.799. The van der Waals surface area contributed by atoms with Crippen molar-refractivity contribution in [1.82, 2.24) is 0 Å². The summed E-state index contributed by atoms with van der Waals surface area (Å²) in [5.41, 5.74) is 0. The second-order valence-corrected chi connectivity index (χ2v) is 2.62. The quantitative estimate of drug-likeness (QED) is 0.516. The molecule has 0 saturated heterocycles. The molecule has 0 atom stereocenters. The Labute approximate surface area is 48.8 Å². The zero-order valence-electron chi connectivity index (χ0n) is 4.53. The summed E-state index contributed by atoms with van der Waals surface area (Å²) in [5.74, 6) is 0. The van der Waals surface area contributed by atoms with Crippen LogP contribution in [0.25, 0.3) is 0 Å². The van der Waals surface area contributed by atoms with Crippen LogP contribution in [0.3, 0.4) is 0 Å². The Kier molecular flexibility index (Phi) is 2.41. The minimum absolute atomic E-state index is 0.799. The van der Waals surface area contributed by atoms with Gasteiger partial charge in [0.05, 0.1) is 0 Å². The average molecular weight is 133 g/mol. The lowest BCUT2D eigenvalue weighted by Crippen LogP contribution is -1.86. The molecule has 0 N–H and O–H groups in total. The number of hydrogen-bond donors (Lipinski definition) is 0. The van der Waals surface area contributed by atoms with Crippen LogP contribution in [0.4, 0.5) is 0 Å². The third kappa shape index (κ3) is 2.52. The van der Waals surface area contributed by atoms with Crippen molar-refractivity contribution in [2.45, 2.75) is 6.92 Å². The number of sulfonamides is 1. The van der Waals surface area contributed by atoms with E-state index in [2.05, 4.69) is 11.0 Å². The minimum atomic E-state index is -3.34. The van der Waals surface area contributed by atoms with Crippen molar-refractivity contribution in [1.29, 1.82) is 0 Å². The molecule has 0 bridgehead atoms. The first-order valence-corrected chi connectivity index (χ1v) is 3.50. The van der Waals surface area contributed by atoms with Gasteiger partial charge >= 0.3 is 0 Å². The van der Waals surface area contributed by atoms with Gasteiger partial charge in [0.25, 0.3) is 10.0 Å². The van der Waals surface area contributed by atoms with Gasteiger partial charge in [-0.3, -0.25) is 0 Å². The van der Waals surface area contributed by atoms with E-state index >= 15 is 0 Å². The summed E-state index contributed by atoms with van der Waals surface area (Å²) in [6.07, 6.45) is 1.21. The van der Waals surface area contributed by atoms with Crippen LogP contribution < -0.4 is 0 Å². The molecular formula is C4H7NO2S. The van der Waals surface area contributed by atoms with Gasteiger partial charge in [-0.25, -0.2) is 0 Å². The summed E-state index contributed by atoms with van der Waals surface area (Å²) < 4.78 is 23.7. The predicted octanol–water partition coefficient (Wildman–Crippen LogP) is 0.550. The lowest BCUT2D eigenvalue weighted by Gasteiger charge is -1.80. The van der Waals surface area contributed by atoms with Gasteiger partial charge in [0.2, 0.25) is 0 Å². The topological polar surface area (TPSA) is 46.5 Å². The van der Waals surface area contributed by atoms with Crippen molar-refractivity contribution < 1.29 is 8.42 Å². The Bertz CT molecular complexity index is 190. The lowest BCUT2D eigenvalue weighted by atomic mass is 10.9. The molecule has 0 amide bonds. The Morgan fingerprint density at radius 2 is 2.12 bits per heavy atom. The molecule has 0 heterocycles. The fourth-order valence-corrected chi connectivity index (χ4v) is 0.570. The number of rotatable bonds is 2. The largest absolute Gasteiger partial charge is 0.274 e. The van der Waals surface area contributed by atoms with Crippen LogP contribution in [0.15, 0.2) is 16.4 Å². The highest BCUT2D eigenvalue weighted by atomic mass is 32.2. The van der Waals surface area contributed by atoms with Crippen molar-refractivity contribution in [2.24, 2.45) is 4.40 Å². The van der Waals surface area contributed by atoms with E-state index in [1.165, 1.54) is 13.1 Å². The van der Waals surface area contributed by atoms with Gasteiger partial charge in [-0.15, -0.1) is 0 Å². The monoisotopic (exact) mass is 133 g/mol. The maximum absolute atomic E-state index is 10.3. The Balaban J connectivity index is 4.41. The van der Waals surface area contributed by atoms with Crippen molar-refractivity contribution >= 4 is 16.2 Å². The zero-order valence-corrected chi connectivity index (χ0v) is 5.35. The Morgan fingerprint density at radius 3 is 2.25 bits per heavy atom. The maximum atomic E-state index is 10.3. The third-order valence-corrected chi connectivity index (χ3v) is 1.39. The second-order valence-electron chi connectivity index (χ2n) is 1.05. The first kappa shape index (κ1) is 7.36. The molecule has 8 heavy (non-hydrogen) atoms. The van der Waals surface area contributed by atoms with Crippen molar-refractivity contribution in [3.63, 3.8) is 0 Å². The molecule has 0 fully saturated rings. The van der Waals surface area contributed by atoms with E-state index in [1.807, 2.05) is 0 Å². The normalized spacial score (nSPS) is 12.1. The van der Waals surface area contributed by atoms with Crippen LogP contribution in [0, 0.1) is 0 Å². The Morgan fingerprint density at radius 1 is 1.62 bits per heavy atom. The highest BCUT2D eigenvalue weighted by molar-refractivity contribution is 7.93.